The monoisotopic (exact) mass is 352 g/mol. The number of carbonyl (C=O) groups excluding carboxylic acids is 1. The van der Waals surface area contributed by atoms with Crippen molar-refractivity contribution in [2.75, 3.05) is 18.4 Å². The summed E-state index contributed by atoms with van der Waals surface area (Å²) < 4.78 is 0. The van der Waals surface area contributed by atoms with Crippen LogP contribution in [0.3, 0.4) is 0 Å². The summed E-state index contributed by atoms with van der Waals surface area (Å²) >= 11 is 0. The summed E-state index contributed by atoms with van der Waals surface area (Å²) in [6, 6.07) is 12.9. The lowest BCUT2D eigenvalue weighted by atomic mass is 10.0. The van der Waals surface area contributed by atoms with Gasteiger partial charge in [0, 0.05) is 25.3 Å². The van der Waals surface area contributed by atoms with Crippen LogP contribution in [0.2, 0.25) is 0 Å². The molecule has 6 heteroatoms. The molecule has 4 rings (SSSR count). The first-order valence-electron chi connectivity index (χ1n) is 9.03. The molecule has 0 saturated carbocycles. The fraction of sp³-hybridized carbons (Fsp3) is 0.350. The number of amides is 1. The van der Waals surface area contributed by atoms with Crippen molar-refractivity contribution in [2.24, 2.45) is 5.73 Å². The van der Waals surface area contributed by atoms with E-state index >= 15 is 0 Å². The van der Waals surface area contributed by atoms with Gasteiger partial charge in [-0.2, -0.15) is 0 Å². The summed E-state index contributed by atoms with van der Waals surface area (Å²) in [7, 11) is 0. The van der Waals surface area contributed by atoms with Crippen LogP contribution in [-0.2, 0) is 24.2 Å². The van der Waals surface area contributed by atoms with E-state index in [9.17, 15) is 9.90 Å². The van der Waals surface area contributed by atoms with Gasteiger partial charge < -0.3 is 21.1 Å². The van der Waals surface area contributed by atoms with Crippen molar-refractivity contribution >= 4 is 11.6 Å². The zero-order valence-corrected chi connectivity index (χ0v) is 14.6. The summed E-state index contributed by atoms with van der Waals surface area (Å²) in [6.07, 6.45) is 1.33. The quantitative estimate of drug-likeness (QED) is 0.664. The maximum atomic E-state index is 13.0. The van der Waals surface area contributed by atoms with Crippen molar-refractivity contribution < 1.29 is 9.90 Å². The molecule has 1 fully saturated rings. The number of nitrogens with zero attached hydrogens (tertiary/aromatic N) is 1. The van der Waals surface area contributed by atoms with E-state index < -0.39 is 0 Å². The van der Waals surface area contributed by atoms with Crippen molar-refractivity contribution in [1.82, 2.24) is 10.2 Å². The second-order valence-corrected chi connectivity index (χ2v) is 7.04. The van der Waals surface area contributed by atoms with Crippen LogP contribution in [0, 0.1) is 0 Å². The van der Waals surface area contributed by atoms with Crippen molar-refractivity contribution in [1.29, 1.82) is 0 Å². The van der Waals surface area contributed by atoms with Crippen molar-refractivity contribution in [3.63, 3.8) is 0 Å². The molecule has 1 amide bonds. The molecule has 0 radical (unpaired) electrons. The number of aromatic hydroxyl groups is 1. The SMILES string of the molecule is N[C@H]1CN(Cc2cccc3c2NCC3)C(=O)[C@H](Cc2ccc(O)cc2)N1. The number of phenolic OH excluding ortho intramolecular Hbond substituents is 1. The molecule has 6 nitrogen and oxygen atoms in total. The smallest absolute Gasteiger partial charge is 0.240 e. The number of carbonyl (C=O) groups is 1. The molecule has 0 spiro atoms. The Balaban J connectivity index is 1.51. The number of hydrogen-bond donors (Lipinski definition) is 4. The fourth-order valence-corrected chi connectivity index (χ4v) is 3.83. The molecule has 26 heavy (non-hydrogen) atoms. The minimum absolute atomic E-state index is 0.0652. The van der Waals surface area contributed by atoms with Crippen molar-refractivity contribution in [3.8, 4) is 5.75 Å². The number of piperazine rings is 1. The number of nitrogens with two attached hydrogens (primary N) is 1. The van der Waals surface area contributed by atoms with Gasteiger partial charge in [0.25, 0.3) is 0 Å². The molecular formula is C20H24N4O2. The Labute approximate surface area is 153 Å². The molecule has 2 aliphatic heterocycles. The van der Waals surface area contributed by atoms with Crippen LogP contribution in [0.15, 0.2) is 42.5 Å². The van der Waals surface area contributed by atoms with Gasteiger partial charge in [-0.3, -0.25) is 10.1 Å². The Morgan fingerprint density at radius 1 is 1.19 bits per heavy atom. The van der Waals surface area contributed by atoms with Gasteiger partial charge in [0.2, 0.25) is 5.91 Å². The minimum Gasteiger partial charge on any atom is -0.508 e. The lowest BCUT2D eigenvalue weighted by Crippen LogP contribution is -2.63. The third kappa shape index (κ3) is 3.38. The number of phenols is 1. The number of para-hydroxylation sites is 1. The first-order chi connectivity index (χ1) is 12.6. The van der Waals surface area contributed by atoms with E-state index in [2.05, 4.69) is 28.8 Å². The number of hydrogen-bond acceptors (Lipinski definition) is 5. The normalized spacial score (nSPS) is 22.2. The van der Waals surface area contributed by atoms with E-state index in [-0.39, 0.29) is 23.9 Å². The van der Waals surface area contributed by atoms with E-state index in [1.165, 1.54) is 11.3 Å². The molecule has 2 atom stereocenters. The molecule has 2 heterocycles. The molecule has 2 aromatic carbocycles. The molecule has 5 N–H and O–H groups in total. The Morgan fingerprint density at radius 3 is 2.81 bits per heavy atom. The summed E-state index contributed by atoms with van der Waals surface area (Å²) in [5, 5.41) is 16.1. The zero-order valence-electron chi connectivity index (χ0n) is 14.6. The lowest BCUT2D eigenvalue weighted by Gasteiger charge is -2.37. The average Bonchev–Trinajstić information content (AvgIpc) is 3.10. The van der Waals surface area contributed by atoms with Gasteiger partial charge in [0.05, 0.1) is 12.2 Å². The largest absolute Gasteiger partial charge is 0.508 e. The second kappa shape index (κ2) is 6.97. The number of rotatable bonds is 4. The molecule has 2 aromatic rings. The predicted molar refractivity (Wildman–Crippen MR) is 101 cm³/mol. The maximum absolute atomic E-state index is 13.0. The van der Waals surface area contributed by atoms with Crippen LogP contribution in [-0.4, -0.2) is 41.2 Å². The summed E-state index contributed by atoms with van der Waals surface area (Å²) in [6.45, 7) is 2.01. The van der Waals surface area contributed by atoms with E-state index in [0.717, 1.165) is 24.1 Å². The number of anilines is 1. The second-order valence-electron chi connectivity index (χ2n) is 7.04. The number of nitrogens with one attached hydrogen (secondary N) is 2. The Bertz CT molecular complexity index is 806. The van der Waals surface area contributed by atoms with Crippen molar-refractivity contribution in [2.45, 2.75) is 31.6 Å². The van der Waals surface area contributed by atoms with E-state index in [1.807, 2.05) is 17.0 Å². The van der Waals surface area contributed by atoms with Crippen LogP contribution < -0.4 is 16.4 Å². The van der Waals surface area contributed by atoms with Gasteiger partial charge in [0.15, 0.2) is 0 Å². The highest BCUT2D eigenvalue weighted by atomic mass is 16.3. The Hall–Kier alpha value is -2.57. The van der Waals surface area contributed by atoms with E-state index in [1.54, 1.807) is 12.1 Å². The molecule has 0 bridgehead atoms. The van der Waals surface area contributed by atoms with Gasteiger partial charge >= 0.3 is 0 Å². The molecule has 0 aliphatic carbocycles. The number of benzene rings is 2. The molecule has 0 unspecified atom stereocenters. The number of fused-ring (bicyclic) bond motifs is 1. The minimum atomic E-state index is -0.354. The van der Waals surface area contributed by atoms with Gasteiger partial charge in [-0.25, -0.2) is 0 Å². The maximum Gasteiger partial charge on any atom is 0.240 e. The highest BCUT2D eigenvalue weighted by Crippen LogP contribution is 2.28. The highest BCUT2D eigenvalue weighted by Gasteiger charge is 2.32. The first-order valence-corrected chi connectivity index (χ1v) is 9.03. The first kappa shape index (κ1) is 16.9. The van der Waals surface area contributed by atoms with Crippen LogP contribution in [0.4, 0.5) is 5.69 Å². The van der Waals surface area contributed by atoms with Gasteiger partial charge in [-0.05, 0) is 41.7 Å². The molecule has 2 aliphatic rings. The summed E-state index contributed by atoms with van der Waals surface area (Å²) in [5.74, 6) is 0.288. The Morgan fingerprint density at radius 2 is 2.00 bits per heavy atom. The standard InChI is InChI=1S/C20H24N4O2/c21-18-12-24(11-15-3-1-2-14-8-9-22-19(14)15)20(26)17(23-18)10-13-4-6-16(25)7-5-13/h1-7,17-18,22-23,25H,8-12,21H2/t17-,18+/m0/s1. The third-order valence-electron chi connectivity index (χ3n) is 5.11. The summed E-state index contributed by atoms with van der Waals surface area (Å²) in [4.78, 5) is 14.8. The zero-order chi connectivity index (χ0) is 18.1. The predicted octanol–water partition coefficient (Wildman–Crippen LogP) is 1.19. The summed E-state index contributed by atoms with van der Waals surface area (Å²) in [5.41, 5.74) is 10.8. The third-order valence-corrected chi connectivity index (χ3v) is 5.11. The van der Waals surface area contributed by atoms with Crippen molar-refractivity contribution in [3.05, 3.63) is 59.2 Å². The fourth-order valence-electron chi connectivity index (χ4n) is 3.83. The van der Waals surface area contributed by atoms with Crippen LogP contribution in [0.25, 0.3) is 0 Å². The van der Waals surface area contributed by atoms with E-state index in [4.69, 9.17) is 5.73 Å². The topological polar surface area (TPSA) is 90.6 Å². The lowest BCUT2D eigenvalue weighted by molar-refractivity contribution is -0.137. The van der Waals surface area contributed by atoms with Gasteiger partial charge in [-0.15, -0.1) is 0 Å². The molecular weight excluding hydrogens is 328 g/mol. The van der Waals surface area contributed by atoms with Crippen LogP contribution in [0.1, 0.15) is 16.7 Å². The van der Waals surface area contributed by atoms with Gasteiger partial charge in [0.1, 0.15) is 5.75 Å². The van der Waals surface area contributed by atoms with E-state index in [0.29, 0.717) is 19.5 Å². The van der Waals surface area contributed by atoms with Gasteiger partial charge in [-0.1, -0.05) is 30.3 Å². The average molecular weight is 352 g/mol. The van der Waals surface area contributed by atoms with Crippen LogP contribution in [0.5, 0.6) is 5.75 Å². The Kier molecular flexibility index (Phi) is 4.53. The van der Waals surface area contributed by atoms with Crippen LogP contribution >= 0.6 is 0 Å². The molecule has 136 valence electrons. The molecule has 1 saturated heterocycles. The highest BCUT2D eigenvalue weighted by molar-refractivity contribution is 5.83. The molecule has 0 aromatic heterocycles.